The van der Waals surface area contributed by atoms with Gasteiger partial charge in [-0.2, -0.15) is 0 Å². The molecule has 0 aliphatic carbocycles. The summed E-state index contributed by atoms with van der Waals surface area (Å²) in [5, 5.41) is 9.32. The first-order chi connectivity index (χ1) is 15.3. The Hall–Kier alpha value is -3.52. The molecule has 0 heterocycles. The molecule has 0 radical (unpaired) electrons. The molecule has 0 aromatic heterocycles. The molecule has 0 bridgehead atoms. The van der Waals surface area contributed by atoms with E-state index in [9.17, 15) is 13.6 Å². The molecule has 0 aliphatic heterocycles. The topological polar surface area (TPSA) is 62.4 Å². The summed E-state index contributed by atoms with van der Waals surface area (Å²) in [6, 6.07) is 15.2. The molecule has 3 aromatic rings. The van der Waals surface area contributed by atoms with Crippen molar-refractivity contribution in [1.82, 2.24) is 5.32 Å². The second-order valence-electron chi connectivity index (χ2n) is 7.17. The zero-order chi connectivity index (χ0) is 23.3. The molecule has 0 fully saturated rings. The van der Waals surface area contributed by atoms with E-state index in [4.69, 9.17) is 17.0 Å². The van der Waals surface area contributed by atoms with Gasteiger partial charge < -0.3 is 20.7 Å². The molecule has 3 rings (SSSR count). The van der Waals surface area contributed by atoms with E-state index in [0.717, 1.165) is 11.1 Å². The first-order valence-corrected chi connectivity index (χ1v) is 10.3. The molecule has 1 atom stereocenters. The lowest BCUT2D eigenvalue weighted by Gasteiger charge is -2.20. The molecular formula is C24H23F2N3O2S. The molecule has 32 heavy (non-hydrogen) atoms. The molecule has 0 saturated heterocycles. The van der Waals surface area contributed by atoms with Crippen molar-refractivity contribution in [2.45, 2.75) is 19.9 Å². The van der Waals surface area contributed by atoms with E-state index in [1.807, 2.05) is 13.8 Å². The van der Waals surface area contributed by atoms with Crippen LogP contribution in [0.25, 0.3) is 0 Å². The summed E-state index contributed by atoms with van der Waals surface area (Å²) in [6.45, 7) is 3.75. The van der Waals surface area contributed by atoms with Crippen molar-refractivity contribution >= 4 is 34.6 Å². The number of thiocarbonyl (C=S) groups is 1. The summed E-state index contributed by atoms with van der Waals surface area (Å²) in [5.41, 5.74) is 2.69. The molecule has 8 heteroatoms. The summed E-state index contributed by atoms with van der Waals surface area (Å²) in [5.74, 6) is -1.10. The number of benzene rings is 3. The quantitative estimate of drug-likeness (QED) is 0.424. The van der Waals surface area contributed by atoms with Gasteiger partial charge in [0.15, 0.2) is 5.11 Å². The molecule has 166 valence electrons. The number of anilines is 2. The van der Waals surface area contributed by atoms with Crippen LogP contribution in [0.3, 0.4) is 0 Å². The summed E-state index contributed by atoms with van der Waals surface area (Å²) < 4.78 is 32.4. The van der Waals surface area contributed by atoms with Gasteiger partial charge in [-0.05, 0) is 67.5 Å². The van der Waals surface area contributed by atoms with Gasteiger partial charge in [0, 0.05) is 11.8 Å². The highest BCUT2D eigenvalue weighted by Gasteiger charge is 2.16. The van der Waals surface area contributed by atoms with Gasteiger partial charge in [0.2, 0.25) is 0 Å². The lowest BCUT2D eigenvalue weighted by molar-refractivity contribution is 0.102. The zero-order valence-electron chi connectivity index (χ0n) is 17.8. The van der Waals surface area contributed by atoms with Crippen LogP contribution in [0.2, 0.25) is 0 Å². The Bertz CT molecular complexity index is 1140. The zero-order valence-corrected chi connectivity index (χ0v) is 18.6. The van der Waals surface area contributed by atoms with E-state index in [1.54, 1.807) is 30.3 Å². The Morgan fingerprint density at radius 3 is 2.34 bits per heavy atom. The number of hydrogen-bond acceptors (Lipinski definition) is 3. The fourth-order valence-electron chi connectivity index (χ4n) is 3.11. The number of ether oxygens (including phenoxy) is 1. The monoisotopic (exact) mass is 455 g/mol. The Balaban J connectivity index is 1.73. The lowest BCUT2D eigenvalue weighted by atomic mass is 10.1. The van der Waals surface area contributed by atoms with Crippen LogP contribution < -0.4 is 20.7 Å². The summed E-state index contributed by atoms with van der Waals surface area (Å²) in [6.07, 6.45) is 0. The van der Waals surface area contributed by atoms with Gasteiger partial charge in [-0.25, -0.2) is 8.78 Å². The Labute approximate surface area is 190 Å². The van der Waals surface area contributed by atoms with Crippen LogP contribution in [-0.4, -0.2) is 18.1 Å². The number of hydrogen-bond donors (Lipinski definition) is 3. The normalized spacial score (nSPS) is 11.4. The number of carbonyl (C=O) groups excluding carboxylic acids is 1. The van der Waals surface area contributed by atoms with Crippen LogP contribution in [0.5, 0.6) is 5.75 Å². The van der Waals surface area contributed by atoms with Gasteiger partial charge in [-0.1, -0.05) is 24.3 Å². The molecule has 3 N–H and O–H groups in total. The highest BCUT2D eigenvalue weighted by atomic mass is 32.1. The van der Waals surface area contributed by atoms with Crippen LogP contribution in [0.4, 0.5) is 20.2 Å². The van der Waals surface area contributed by atoms with Crippen molar-refractivity contribution in [2.24, 2.45) is 0 Å². The van der Waals surface area contributed by atoms with Gasteiger partial charge in [0.05, 0.1) is 24.4 Å². The van der Waals surface area contributed by atoms with Gasteiger partial charge in [0.25, 0.3) is 5.91 Å². The fourth-order valence-corrected chi connectivity index (χ4v) is 3.40. The number of rotatable bonds is 6. The minimum Gasteiger partial charge on any atom is -0.494 e. The Kier molecular flexibility index (Phi) is 7.37. The largest absolute Gasteiger partial charge is 0.494 e. The predicted molar refractivity (Wildman–Crippen MR) is 126 cm³/mol. The standard InChI is InChI=1S/C24H23F2N3O2S/c1-14-12-21(28-23(30)18-6-4-5-7-19(18)26)22(31-3)13-20(14)29-24(32)27-15(2)16-8-10-17(25)11-9-16/h4-13,15H,1-3H3,(H,28,30)(H2,27,29,32). The SMILES string of the molecule is COc1cc(NC(=S)NC(C)c2ccc(F)cc2)c(C)cc1NC(=O)c1ccccc1F. The Morgan fingerprint density at radius 2 is 1.69 bits per heavy atom. The van der Waals surface area contributed by atoms with Crippen molar-refractivity contribution < 1.29 is 18.3 Å². The molecular weight excluding hydrogens is 432 g/mol. The highest BCUT2D eigenvalue weighted by molar-refractivity contribution is 7.80. The number of amides is 1. The maximum atomic E-state index is 13.9. The molecule has 0 saturated carbocycles. The van der Waals surface area contributed by atoms with E-state index in [0.29, 0.717) is 22.2 Å². The van der Waals surface area contributed by atoms with Crippen LogP contribution in [0.15, 0.2) is 60.7 Å². The number of nitrogens with one attached hydrogen (secondary N) is 3. The van der Waals surface area contributed by atoms with Gasteiger partial charge in [-0.15, -0.1) is 0 Å². The van der Waals surface area contributed by atoms with E-state index in [-0.39, 0.29) is 17.4 Å². The smallest absolute Gasteiger partial charge is 0.258 e. The number of methoxy groups -OCH3 is 1. The van der Waals surface area contributed by atoms with Crippen molar-refractivity contribution in [1.29, 1.82) is 0 Å². The van der Waals surface area contributed by atoms with Gasteiger partial charge in [0.1, 0.15) is 17.4 Å². The summed E-state index contributed by atoms with van der Waals surface area (Å²) >= 11 is 5.41. The summed E-state index contributed by atoms with van der Waals surface area (Å²) in [7, 11) is 1.47. The van der Waals surface area contributed by atoms with Crippen LogP contribution in [0.1, 0.15) is 34.5 Å². The Morgan fingerprint density at radius 1 is 1.00 bits per heavy atom. The van der Waals surface area contributed by atoms with E-state index in [1.165, 1.54) is 37.4 Å². The third-order valence-corrected chi connectivity index (χ3v) is 5.10. The molecule has 5 nitrogen and oxygen atoms in total. The number of carbonyl (C=O) groups is 1. The third kappa shape index (κ3) is 5.59. The maximum absolute atomic E-state index is 13.9. The van der Waals surface area contributed by atoms with Crippen molar-refractivity contribution in [2.75, 3.05) is 17.7 Å². The lowest BCUT2D eigenvalue weighted by Crippen LogP contribution is -2.31. The minimum absolute atomic E-state index is 0.0606. The van der Waals surface area contributed by atoms with Crippen LogP contribution in [-0.2, 0) is 0 Å². The van der Waals surface area contributed by atoms with E-state index >= 15 is 0 Å². The maximum Gasteiger partial charge on any atom is 0.258 e. The van der Waals surface area contributed by atoms with Crippen molar-refractivity contribution in [3.8, 4) is 5.75 Å². The third-order valence-electron chi connectivity index (χ3n) is 4.88. The number of halogens is 2. The minimum atomic E-state index is -0.606. The van der Waals surface area contributed by atoms with Gasteiger partial charge in [-0.3, -0.25) is 4.79 Å². The predicted octanol–water partition coefficient (Wildman–Crippen LogP) is 5.58. The van der Waals surface area contributed by atoms with Crippen molar-refractivity contribution in [3.05, 3.63) is 89.0 Å². The molecule has 3 aromatic carbocycles. The average Bonchev–Trinajstić information content (AvgIpc) is 2.76. The van der Waals surface area contributed by atoms with Crippen molar-refractivity contribution in [3.63, 3.8) is 0 Å². The first kappa shape index (κ1) is 23.1. The number of aryl methyl sites for hydroxylation is 1. The van der Waals surface area contributed by atoms with E-state index in [2.05, 4.69) is 16.0 Å². The molecule has 0 spiro atoms. The highest BCUT2D eigenvalue weighted by Crippen LogP contribution is 2.32. The molecule has 1 unspecified atom stereocenters. The average molecular weight is 456 g/mol. The summed E-state index contributed by atoms with van der Waals surface area (Å²) in [4.78, 5) is 12.5. The molecule has 0 aliphatic rings. The van der Waals surface area contributed by atoms with Crippen LogP contribution in [0, 0.1) is 18.6 Å². The van der Waals surface area contributed by atoms with Crippen LogP contribution >= 0.6 is 12.2 Å². The fraction of sp³-hybridized carbons (Fsp3) is 0.167. The molecule has 1 amide bonds. The van der Waals surface area contributed by atoms with Gasteiger partial charge >= 0.3 is 0 Å². The second kappa shape index (κ2) is 10.2. The first-order valence-electron chi connectivity index (χ1n) is 9.86. The second-order valence-corrected chi connectivity index (χ2v) is 7.58. The van der Waals surface area contributed by atoms with E-state index < -0.39 is 11.7 Å².